The van der Waals surface area contributed by atoms with E-state index >= 15 is 0 Å². The number of nitrogens with one attached hydrogen (secondary N) is 2. The molecule has 0 spiro atoms. The van der Waals surface area contributed by atoms with E-state index in [1.807, 2.05) is 6.92 Å². The van der Waals surface area contributed by atoms with Crippen LogP contribution in [0.4, 0.5) is 0 Å². The van der Waals surface area contributed by atoms with Gasteiger partial charge in [-0.05, 0) is 49.4 Å². The molecule has 4 heteroatoms. The largest absolute Gasteiger partial charge is 0.494 e. The fraction of sp³-hybridized carbons (Fsp3) is 0.471. The Labute approximate surface area is 124 Å². The van der Waals surface area contributed by atoms with Crippen LogP contribution in [0.15, 0.2) is 18.5 Å². The zero-order chi connectivity index (χ0) is 14.2. The minimum absolute atomic E-state index is 0.146. The molecule has 4 rings (SSSR count). The van der Waals surface area contributed by atoms with Crippen LogP contribution in [0.25, 0.3) is 0 Å². The zero-order valence-corrected chi connectivity index (χ0v) is 12.4. The van der Waals surface area contributed by atoms with Crippen LogP contribution in [0.5, 0.6) is 5.75 Å². The van der Waals surface area contributed by atoms with E-state index in [0.29, 0.717) is 6.61 Å². The van der Waals surface area contributed by atoms with Crippen LogP contribution in [0.1, 0.15) is 47.5 Å². The SMILES string of the molecule is CCOc1cc2c(cc1[C@H]1NCCc3[nH]cnc31)CCC2. The third-order valence-corrected chi connectivity index (χ3v) is 4.58. The van der Waals surface area contributed by atoms with Crippen molar-refractivity contribution in [3.8, 4) is 5.75 Å². The fourth-order valence-electron chi connectivity index (χ4n) is 3.60. The molecule has 1 atom stereocenters. The summed E-state index contributed by atoms with van der Waals surface area (Å²) in [6.07, 6.45) is 6.45. The number of aryl methyl sites for hydroxylation is 2. The first kappa shape index (κ1) is 12.9. The van der Waals surface area contributed by atoms with E-state index in [1.54, 1.807) is 6.33 Å². The molecule has 2 aromatic rings. The van der Waals surface area contributed by atoms with Crippen LogP contribution in [0.2, 0.25) is 0 Å². The van der Waals surface area contributed by atoms with Crippen molar-refractivity contribution in [3.63, 3.8) is 0 Å². The fourth-order valence-corrected chi connectivity index (χ4v) is 3.60. The molecule has 0 amide bonds. The van der Waals surface area contributed by atoms with Gasteiger partial charge in [0.15, 0.2) is 0 Å². The van der Waals surface area contributed by atoms with E-state index in [2.05, 4.69) is 27.4 Å². The zero-order valence-electron chi connectivity index (χ0n) is 12.4. The second-order valence-electron chi connectivity index (χ2n) is 5.85. The minimum atomic E-state index is 0.146. The number of nitrogens with zero attached hydrogens (tertiary/aromatic N) is 1. The van der Waals surface area contributed by atoms with Gasteiger partial charge in [0.05, 0.1) is 24.7 Å². The van der Waals surface area contributed by atoms with Crippen LogP contribution < -0.4 is 10.1 Å². The third kappa shape index (κ3) is 2.14. The number of aromatic nitrogens is 2. The average molecular weight is 283 g/mol. The lowest BCUT2D eigenvalue weighted by Gasteiger charge is -2.26. The van der Waals surface area contributed by atoms with Gasteiger partial charge < -0.3 is 15.0 Å². The van der Waals surface area contributed by atoms with Crippen molar-refractivity contribution in [3.05, 3.63) is 46.5 Å². The lowest BCUT2D eigenvalue weighted by atomic mass is 9.94. The van der Waals surface area contributed by atoms with Gasteiger partial charge in [0.2, 0.25) is 0 Å². The first-order valence-electron chi connectivity index (χ1n) is 7.91. The van der Waals surface area contributed by atoms with Crippen molar-refractivity contribution in [2.24, 2.45) is 0 Å². The molecule has 1 aliphatic carbocycles. The maximum absolute atomic E-state index is 5.93. The Morgan fingerprint density at radius 3 is 2.95 bits per heavy atom. The molecule has 0 bridgehead atoms. The van der Waals surface area contributed by atoms with Gasteiger partial charge in [-0.2, -0.15) is 0 Å². The topological polar surface area (TPSA) is 49.9 Å². The first-order valence-corrected chi connectivity index (χ1v) is 7.91. The van der Waals surface area contributed by atoms with Gasteiger partial charge in [-0.25, -0.2) is 4.98 Å². The molecular weight excluding hydrogens is 262 g/mol. The summed E-state index contributed by atoms with van der Waals surface area (Å²) in [6.45, 7) is 3.72. The van der Waals surface area contributed by atoms with Gasteiger partial charge >= 0.3 is 0 Å². The van der Waals surface area contributed by atoms with Crippen molar-refractivity contribution in [2.45, 2.75) is 38.6 Å². The molecule has 2 N–H and O–H groups in total. The molecule has 110 valence electrons. The van der Waals surface area contributed by atoms with Gasteiger partial charge in [0.1, 0.15) is 5.75 Å². The highest BCUT2D eigenvalue weighted by atomic mass is 16.5. The van der Waals surface area contributed by atoms with Crippen LogP contribution >= 0.6 is 0 Å². The van der Waals surface area contributed by atoms with Crippen molar-refractivity contribution in [1.29, 1.82) is 0 Å². The van der Waals surface area contributed by atoms with Crippen LogP contribution in [0, 0.1) is 0 Å². The highest BCUT2D eigenvalue weighted by Gasteiger charge is 2.28. The van der Waals surface area contributed by atoms with E-state index in [0.717, 1.165) is 24.4 Å². The summed E-state index contributed by atoms with van der Waals surface area (Å²) < 4.78 is 5.93. The molecule has 0 saturated carbocycles. The quantitative estimate of drug-likeness (QED) is 0.910. The van der Waals surface area contributed by atoms with Crippen molar-refractivity contribution < 1.29 is 4.74 Å². The lowest BCUT2D eigenvalue weighted by molar-refractivity contribution is 0.332. The predicted octanol–water partition coefficient (Wildman–Crippen LogP) is 2.53. The number of hydrogen-bond donors (Lipinski definition) is 2. The van der Waals surface area contributed by atoms with Crippen molar-refractivity contribution in [1.82, 2.24) is 15.3 Å². The molecule has 0 unspecified atom stereocenters. The second-order valence-corrected chi connectivity index (χ2v) is 5.85. The van der Waals surface area contributed by atoms with Gasteiger partial charge in [-0.1, -0.05) is 0 Å². The van der Waals surface area contributed by atoms with Crippen molar-refractivity contribution in [2.75, 3.05) is 13.2 Å². The summed E-state index contributed by atoms with van der Waals surface area (Å²) in [6, 6.07) is 4.74. The molecule has 1 aliphatic heterocycles. The van der Waals surface area contributed by atoms with Crippen molar-refractivity contribution >= 4 is 0 Å². The molecule has 2 aliphatic rings. The molecule has 0 radical (unpaired) electrons. The highest BCUT2D eigenvalue weighted by Crippen LogP contribution is 2.37. The predicted molar refractivity (Wildman–Crippen MR) is 81.8 cm³/mol. The molecule has 4 nitrogen and oxygen atoms in total. The van der Waals surface area contributed by atoms with Gasteiger partial charge in [-0.3, -0.25) is 0 Å². The van der Waals surface area contributed by atoms with E-state index in [-0.39, 0.29) is 6.04 Å². The molecule has 0 saturated heterocycles. The summed E-state index contributed by atoms with van der Waals surface area (Å²) in [5, 5.41) is 3.61. The summed E-state index contributed by atoms with van der Waals surface area (Å²) >= 11 is 0. The Hall–Kier alpha value is -1.81. The Bertz CT molecular complexity index is 662. The number of rotatable bonds is 3. The highest BCUT2D eigenvalue weighted by molar-refractivity contribution is 5.49. The Balaban J connectivity index is 1.81. The van der Waals surface area contributed by atoms with Crippen LogP contribution in [-0.2, 0) is 19.3 Å². The molecule has 0 fully saturated rings. The second kappa shape index (κ2) is 5.19. The maximum Gasteiger partial charge on any atom is 0.124 e. The number of aromatic amines is 1. The molecule has 1 aromatic carbocycles. The van der Waals surface area contributed by atoms with E-state index < -0.39 is 0 Å². The van der Waals surface area contributed by atoms with Gasteiger partial charge in [0, 0.05) is 24.2 Å². The lowest BCUT2D eigenvalue weighted by Crippen LogP contribution is -2.31. The van der Waals surface area contributed by atoms with Crippen LogP contribution in [0.3, 0.4) is 0 Å². The number of imidazole rings is 1. The standard InChI is InChI=1S/C17H21N3O/c1-2-21-15-9-12-5-3-4-11(12)8-13(15)16-17-14(6-7-18-16)19-10-20-17/h8-10,16,18H,2-7H2,1H3,(H,19,20)/t16-/m1/s1. The maximum atomic E-state index is 5.93. The Morgan fingerprint density at radius 2 is 2.10 bits per heavy atom. The number of fused-ring (bicyclic) bond motifs is 2. The molecular formula is C17H21N3O. The Morgan fingerprint density at radius 1 is 1.24 bits per heavy atom. The van der Waals surface area contributed by atoms with Crippen LogP contribution in [-0.4, -0.2) is 23.1 Å². The number of hydrogen-bond acceptors (Lipinski definition) is 3. The summed E-state index contributed by atoms with van der Waals surface area (Å²) in [5.41, 5.74) is 6.56. The summed E-state index contributed by atoms with van der Waals surface area (Å²) in [7, 11) is 0. The summed E-state index contributed by atoms with van der Waals surface area (Å²) in [5.74, 6) is 1.02. The van der Waals surface area contributed by atoms with E-state index in [9.17, 15) is 0 Å². The molecule has 1 aromatic heterocycles. The molecule has 21 heavy (non-hydrogen) atoms. The first-order chi connectivity index (χ1) is 10.4. The third-order valence-electron chi connectivity index (χ3n) is 4.58. The summed E-state index contributed by atoms with van der Waals surface area (Å²) in [4.78, 5) is 7.80. The normalized spacial score (nSPS) is 20.1. The minimum Gasteiger partial charge on any atom is -0.494 e. The number of H-pyrrole nitrogens is 1. The van der Waals surface area contributed by atoms with E-state index in [4.69, 9.17) is 4.74 Å². The number of ether oxygens (including phenoxy) is 1. The smallest absolute Gasteiger partial charge is 0.124 e. The Kier molecular flexibility index (Phi) is 3.19. The number of benzene rings is 1. The molecule has 2 heterocycles. The van der Waals surface area contributed by atoms with E-state index in [1.165, 1.54) is 41.6 Å². The average Bonchev–Trinajstić information content (AvgIpc) is 3.14. The van der Waals surface area contributed by atoms with Gasteiger partial charge in [-0.15, -0.1) is 0 Å². The monoisotopic (exact) mass is 283 g/mol. The van der Waals surface area contributed by atoms with Gasteiger partial charge in [0.25, 0.3) is 0 Å².